The fourth-order valence-electron chi connectivity index (χ4n) is 1.91. The Morgan fingerprint density at radius 2 is 1.84 bits per heavy atom. The monoisotopic (exact) mass is 250 g/mol. The molecule has 0 amide bonds. The van der Waals surface area contributed by atoms with Crippen molar-refractivity contribution >= 4 is 5.69 Å². The quantitative estimate of drug-likeness (QED) is 0.878. The molecule has 0 aliphatic carbocycles. The number of nitrogens with zero attached hydrogens (tertiary/aromatic N) is 1. The molecule has 0 saturated carbocycles. The Balaban J connectivity index is 2.02. The lowest BCUT2D eigenvalue weighted by molar-refractivity contribution is 0.866. The van der Waals surface area contributed by atoms with Gasteiger partial charge >= 0.3 is 0 Å². The Kier molecular flexibility index (Phi) is 4.20. The fourth-order valence-corrected chi connectivity index (χ4v) is 1.91. The molecule has 0 saturated heterocycles. The van der Waals surface area contributed by atoms with Gasteiger partial charge in [0.25, 0.3) is 0 Å². The minimum atomic E-state index is 0.539. The third kappa shape index (κ3) is 3.59. The Hall–Kier alpha value is -2.27. The van der Waals surface area contributed by atoms with Gasteiger partial charge in [0.2, 0.25) is 0 Å². The van der Waals surface area contributed by atoms with Gasteiger partial charge in [-0.15, -0.1) is 0 Å². The summed E-state index contributed by atoms with van der Waals surface area (Å²) in [6, 6.07) is 18.3. The van der Waals surface area contributed by atoms with Gasteiger partial charge in [-0.3, -0.25) is 0 Å². The minimum absolute atomic E-state index is 0.539. The van der Waals surface area contributed by atoms with Gasteiger partial charge in [0.1, 0.15) is 0 Å². The maximum absolute atomic E-state index is 8.75. The number of rotatable bonds is 4. The van der Waals surface area contributed by atoms with Gasteiger partial charge in [-0.2, -0.15) is 5.26 Å². The molecular formula is C17H18N2. The first-order valence-electron chi connectivity index (χ1n) is 6.52. The van der Waals surface area contributed by atoms with Crippen molar-refractivity contribution < 1.29 is 0 Å². The van der Waals surface area contributed by atoms with E-state index in [2.05, 4.69) is 49.5 Å². The zero-order valence-corrected chi connectivity index (χ0v) is 11.4. The zero-order chi connectivity index (χ0) is 13.7. The number of hydrogen-bond donors (Lipinski definition) is 1. The van der Waals surface area contributed by atoms with E-state index in [1.165, 1.54) is 11.1 Å². The second kappa shape index (κ2) is 6.06. The van der Waals surface area contributed by atoms with E-state index in [0.717, 1.165) is 12.2 Å². The van der Waals surface area contributed by atoms with Crippen LogP contribution < -0.4 is 5.32 Å². The molecule has 0 atom stereocenters. The molecule has 0 aliphatic rings. The average Bonchev–Trinajstić information content (AvgIpc) is 2.46. The fraction of sp³-hybridized carbons (Fsp3) is 0.235. The molecule has 2 aromatic carbocycles. The zero-order valence-electron chi connectivity index (χ0n) is 11.4. The molecule has 0 radical (unpaired) electrons. The Morgan fingerprint density at radius 3 is 2.47 bits per heavy atom. The summed E-state index contributed by atoms with van der Waals surface area (Å²) in [7, 11) is 0. The molecular weight excluding hydrogens is 232 g/mol. The lowest BCUT2D eigenvalue weighted by Gasteiger charge is -2.10. The smallest absolute Gasteiger partial charge is 0.0991 e. The van der Waals surface area contributed by atoms with Crippen LogP contribution in [0.5, 0.6) is 0 Å². The standard InChI is InChI=1S/C17H18N2/c1-13(2)16-4-3-5-17(10-16)19-12-15-8-6-14(11-18)7-9-15/h3-10,13,19H,12H2,1-2H3. The van der Waals surface area contributed by atoms with Crippen LogP contribution >= 0.6 is 0 Å². The molecule has 0 spiro atoms. The van der Waals surface area contributed by atoms with Gasteiger partial charge in [-0.05, 0) is 41.3 Å². The van der Waals surface area contributed by atoms with Crippen LogP contribution in [-0.2, 0) is 6.54 Å². The van der Waals surface area contributed by atoms with Crippen molar-refractivity contribution in [3.63, 3.8) is 0 Å². The van der Waals surface area contributed by atoms with Gasteiger partial charge in [0, 0.05) is 12.2 Å². The summed E-state index contributed by atoms with van der Waals surface area (Å²) in [6.45, 7) is 5.16. The van der Waals surface area contributed by atoms with Crippen LogP contribution in [0.4, 0.5) is 5.69 Å². The number of anilines is 1. The molecule has 2 aromatic rings. The SMILES string of the molecule is CC(C)c1cccc(NCc2ccc(C#N)cc2)c1. The van der Waals surface area contributed by atoms with Crippen LogP contribution in [-0.4, -0.2) is 0 Å². The third-order valence-electron chi connectivity index (χ3n) is 3.13. The lowest BCUT2D eigenvalue weighted by Crippen LogP contribution is -2.00. The molecule has 96 valence electrons. The Morgan fingerprint density at radius 1 is 1.11 bits per heavy atom. The van der Waals surface area contributed by atoms with Crippen LogP contribution in [0.3, 0.4) is 0 Å². The molecule has 0 fully saturated rings. The Bertz CT molecular complexity index is 577. The summed E-state index contributed by atoms with van der Waals surface area (Å²) in [6.07, 6.45) is 0. The van der Waals surface area contributed by atoms with Crippen molar-refractivity contribution in [3.8, 4) is 6.07 Å². The number of benzene rings is 2. The maximum atomic E-state index is 8.75. The highest BCUT2D eigenvalue weighted by Gasteiger charge is 2.00. The van der Waals surface area contributed by atoms with Crippen LogP contribution in [0.2, 0.25) is 0 Å². The van der Waals surface area contributed by atoms with Gasteiger partial charge < -0.3 is 5.32 Å². The summed E-state index contributed by atoms with van der Waals surface area (Å²) >= 11 is 0. The van der Waals surface area contributed by atoms with Crippen LogP contribution in [0, 0.1) is 11.3 Å². The van der Waals surface area contributed by atoms with E-state index in [4.69, 9.17) is 5.26 Å². The lowest BCUT2D eigenvalue weighted by atomic mass is 10.0. The first kappa shape index (κ1) is 13.2. The molecule has 19 heavy (non-hydrogen) atoms. The molecule has 2 rings (SSSR count). The summed E-state index contributed by atoms with van der Waals surface area (Å²) in [5.74, 6) is 0.539. The number of nitriles is 1. The summed E-state index contributed by atoms with van der Waals surface area (Å²) < 4.78 is 0. The summed E-state index contributed by atoms with van der Waals surface area (Å²) in [5.41, 5.74) is 4.35. The average molecular weight is 250 g/mol. The van der Waals surface area contributed by atoms with Gasteiger partial charge in [-0.1, -0.05) is 38.1 Å². The topological polar surface area (TPSA) is 35.8 Å². The van der Waals surface area contributed by atoms with Gasteiger partial charge in [-0.25, -0.2) is 0 Å². The van der Waals surface area contributed by atoms with Gasteiger partial charge in [0.15, 0.2) is 0 Å². The van der Waals surface area contributed by atoms with E-state index >= 15 is 0 Å². The van der Waals surface area contributed by atoms with Crippen molar-refractivity contribution in [2.45, 2.75) is 26.3 Å². The van der Waals surface area contributed by atoms with Gasteiger partial charge in [0.05, 0.1) is 11.6 Å². The highest BCUT2D eigenvalue weighted by atomic mass is 14.9. The van der Waals surface area contributed by atoms with Crippen molar-refractivity contribution in [2.75, 3.05) is 5.32 Å². The molecule has 0 aliphatic heterocycles. The molecule has 0 heterocycles. The van der Waals surface area contributed by atoms with E-state index in [9.17, 15) is 0 Å². The molecule has 1 N–H and O–H groups in total. The van der Waals surface area contributed by atoms with Crippen molar-refractivity contribution in [1.29, 1.82) is 5.26 Å². The molecule has 0 bridgehead atoms. The van der Waals surface area contributed by atoms with Crippen LogP contribution in [0.15, 0.2) is 48.5 Å². The third-order valence-corrected chi connectivity index (χ3v) is 3.13. The van der Waals surface area contributed by atoms with Crippen LogP contribution in [0.25, 0.3) is 0 Å². The second-order valence-corrected chi connectivity index (χ2v) is 4.94. The maximum Gasteiger partial charge on any atom is 0.0991 e. The molecule has 2 heteroatoms. The molecule has 0 aromatic heterocycles. The predicted molar refractivity (Wildman–Crippen MR) is 79.0 cm³/mol. The molecule has 2 nitrogen and oxygen atoms in total. The van der Waals surface area contributed by atoms with E-state index in [-0.39, 0.29) is 0 Å². The van der Waals surface area contributed by atoms with E-state index in [1.54, 1.807) is 0 Å². The van der Waals surface area contributed by atoms with Crippen molar-refractivity contribution in [1.82, 2.24) is 0 Å². The summed E-state index contributed by atoms with van der Waals surface area (Å²) in [5, 5.41) is 12.2. The van der Waals surface area contributed by atoms with Crippen molar-refractivity contribution in [2.24, 2.45) is 0 Å². The van der Waals surface area contributed by atoms with E-state index < -0.39 is 0 Å². The minimum Gasteiger partial charge on any atom is -0.381 e. The van der Waals surface area contributed by atoms with Crippen LogP contribution in [0.1, 0.15) is 36.5 Å². The number of hydrogen-bond acceptors (Lipinski definition) is 2. The number of nitrogens with one attached hydrogen (secondary N) is 1. The van der Waals surface area contributed by atoms with Crippen molar-refractivity contribution in [3.05, 3.63) is 65.2 Å². The Labute approximate surface area is 114 Å². The van der Waals surface area contributed by atoms with E-state index in [1.807, 2.05) is 24.3 Å². The normalized spacial score (nSPS) is 10.2. The predicted octanol–water partition coefficient (Wildman–Crippen LogP) is 4.29. The van der Waals surface area contributed by atoms with E-state index in [0.29, 0.717) is 11.5 Å². The summed E-state index contributed by atoms with van der Waals surface area (Å²) in [4.78, 5) is 0. The first-order valence-corrected chi connectivity index (χ1v) is 6.52. The highest BCUT2D eigenvalue weighted by Crippen LogP contribution is 2.19. The molecule has 0 unspecified atom stereocenters. The first-order chi connectivity index (χ1) is 9.19. The largest absolute Gasteiger partial charge is 0.381 e. The highest BCUT2D eigenvalue weighted by molar-refractivity contribution is 5.47. The second-order valence-electron chi connectivity index (χ2n) is 4.94.